The molecule has 2 heterocycles. The van der Waals surface area contributed by atoms with E-state index in [-0.39, 0.29) is 18.4 Å². The zero-order valence-corrected chi connectivity index (χ0v) is 15.0. The van der Waals surface area contributed by atoms with Gasteiger partial charge in [-0.2, -0.15) is 5.10 Å². The van der Waals surface area contributed by atoms with Gasteiger partial charge in [0.1, 0.15) is 6.04 Å². The summed E-state index contributed by atoms with van der Waals surface area (Å²) in [6.45, 7) is 4.92. The highest BCUT2D eigenvalue weighted by molar-refractivity contribution is 5.94. The van der Waals surface area contributed by atoms with E-state index >= 15 is 0 Å². The fraction of sp³-hybridized carbons (Fsp3) is 0.421. The van der Waals surface area contributed by atoms with Gasteiger partial charge in [-0.15, -0.1) is 0 Å². The van der Waals surface area contributed by atoms with E-state index in [0.717, 1.165) is 17.7 Å². The number of piperazine rings is 1. The lowest BCUT2D eigenvalue weighted by Gasteiger charge is -2.38. The summed E-state index contributed by atoms with van der Waals surface area (Å²) in [6, 6.07) is 9.57. The normalized spacial score (nSPS) is 18.1. The Hall–Kier alpha value is -2.63. The molecule has 1 atom stereocenters. The summed E-state index contributed by atoms with van der Waals surface area (Å²) in [5.74, 6) is 0.000453. The smallest absolute Gasteiger partial charge is 0.245 e. The standard InChI is InChI=1S/C19H24N4O2/c1-14-17(11-20-21(14)3)12-23-15(2)19(25)22(13-18(23)24)10-9-16-7-5-4-6-8-16/h4-8,11,15H,9-10,12-13H2,1-3H3/t15-/m1/s1. The van der Waals surface area contributed by atoms with Crippen molar-refractivity contribution in [3.63, 3.8) is 0 Å². The summed E-state index contributed by atoms with van der Waals surface area (Å²) in [5.41, 5.74) is 3.16. The summed E-state index contributed by atoms with van der Waals surface area (Å²) < 4.78 is 1.78. The maximum atomic E-state index is 12.7. The summed E-state index contributed by atoms with van der Waals surface area (Å²) in [6.07, 6.45) is 2.52. The number of nitrogens with zero attached hydrogens (tertiary/aromatic N) is 4. The summed E-state index contributed by atoms with van der Waals surface area (Å²) in [4.78, 5) is 28.6. The van der Waals surface area contributed by atoms with Crippen molar-refractivity contribution < 1.29 is 9.59 Å². The highest BCUT2D eigenvalue weighted by atomic mass is 16.2. The molecule has 2 amide bonds. The zero-order chi connectivity index (χ0) is 18.0. The molecule has 6 heteroatoms. The number of benzene rings is 1. The summed E-state index contributed by atoms with van der Waals surface area (Å²) >= 11 is 0. The van der Waals surface area contributed by atoms with E-state index in [1.807, 2.05) is 44.3 Å². The van der Waals surface area contributed by atoms with Gasteiger partial charge in [-0.25, -0.2) is 0 Å². The molecule has 6 nitrogen and oxygen atoms in total. The van der Waals surface area contributed by atoms with Crippen molar-refractivity contribution in [3.05, 3.63) is 53.3 Å². The van der Waals surface area contributed by atoms with E-state index in [1.54, 1.807) is 27.6 Å². The molecule has 1 aromatic carbocycles. The molecule has 0 aliphatic carbocycles. The van der Waals surface area contributed by atoms with Crippen LogP contribution in [0.25, 0.3) is 0 Å². The summed E-state index contributed by atoms with van der Waals surface area (Å²) in [5, 5.41) is 4.21. The Morgan fingerprint density at radius 3 is 2.56 bits per heavy atom. The lowest BCUT2D eigenvalue weighted by molar-refractivity contribution is -0.155. The Morgan fingerprint density at radius 2 is 1.92 bits per heavy atom. The van der Waals surface area contributed by atoms with Crippen LogP contribution in [0, 0.1) is 6.92 Å². The van der Waals surface area contributed by atoms with Crippen LogP contribution in [0.3, 0.4) is 0 Å². The Morgan fingerprint density at radius 1 is 1.20 bits per heavy atom. The molecule has 1 fully saturated rings. The molecule has 0 saturated carbocycles. The summed E-state index contributed by atoms with van der Waals surface area (Å²) in [7, 11) is 1.87. The Kier molecular flexibility index (Phi) is 4.88. The molecular formula is C19H24N4O2. The number of amides is 2. The van der Waals surface area contributed by atoms with E-state index in [1.165, 1.54) is 5.56 Å². The maximum absolute atomic E-state index is 12.7. The number of carbonyl (C=O) groups is 2. The third kappa shape index (κ3) is 3.57. The first-order valence-electron chi connectivity index (χ1n) is 8.57. The van der Waals surface area contributed by atoms with Gasteiger partial charge in [0, 0.05) is 31.4 Å². The van der Waals surface area contributed by atoms with Gasteiger partial charge in [-0.3, -0.25) is 14.3 Å². The second kappa shape index (κ2) is 7.09. The van der Waals surface area contributed by atoms with Crippen LogP contribution in [0.1, 0.15) is 23.7 Å². The molecule has 0 radical (unpaired) electrons. The second-order valence-electron chi connectivity index (χ2n) is 6.57. The lowest BCUT2D eigenvalue weighted by Crippen LogP contribution is -2.58. The van der Waals surface area contributed by atoms with E-state index < -0.39 is 6.04 Å². The van der Waals surface area contributed by atoms with E-state index in [0.29, 0.717) is 13.1 Å². The highest BCUT2D eigenvalue weighted by Crippen LogP contribution is 2.18. The monoisotopic (exact) mass is 340 g/mol. The van der Waals surface area contributed by atoms with Crippen molar-refractivity contribution in [3.8, 4) is 0 Å². The van der Waals surface area contributed by atoms with Crippen molar-refractivity contribution in [2.45, 2.75) is 32.9 Å². The number of aryl methyl sites for hydroxylation is 1. The SMILES string of the molecule is Cc1c(CN2C(=O)CN(CCc3ccccc3)C(=O)[C@H]2C)cnn1C. The Labute approximate surface area is 148 Å². The number of aromatic nitrogens is 2. The van der Waals surface area contributed by atoms with Gasteiger partial charge in [0.05, 0.1) is 12.7 Å². The minimum Gasteiger partial charge on any atom is -0.331 e. The van der Waals surface area contributed by atoms with Gasteiger partial charge < -0.3 is 9.80 Å². The van der Waals surface area contributed by atoms with Crippen molar-refractivity contribution in [1.82, 2.24) is 19.6 Å². The van der Waals surface area contributed by atoms with Crippen molar-refractivity contribution in [2.75, 3.05) is 13.1 Å². The van der Waals surface area contributed by atoms with Crippen molar-refractivity contribution in [1.29, 1.82) is 0 Å². The molecule has 1 aliphatic rings. The third-order valence-electron chi connectivity index (χ3n) is 4.97. The van der Waals surface area contributed by atoms with Gasteiger partial charge in [0.25, 0.3) is 0 Å². The molecule has 3 rings (SSSR count). The van der Waals surface area contributed by atoms with Crippen molar-refractivity contribution >= 4 is 11.8 Å². The minimum atomic E-state index is -0.448. The first kappa shape index (κ1) is 17.2. The van der Waals surface area contributed by atoms with E-state index in [2.05, 4.69) is 5.10 Å². The molecular weight excluding hydrogens is 316 g/mol. The van der Waals surface area contributed by atoms with Gasteiger partial charge in [0.15, 0.2) is 0 Å². The van der Waals surface area contributed by atoms with Crippen LogP contribution < -0.4 is 0 Å². The van der Waals surface area contributed by atoms with Crippen LogP contribution >= 0.6 is 0 Å². The number of carbonyl (C=O) groups excluding carboxylic acids is 2. The highest BCUT2D eigenvalue weighted by Gasteiger charge is 2.36. The number of hydrogen-bond donors (Lipinski definition) is 0. The first-order chi connectivity index (χ1) is 12.0. The molecule has 132 valence electrons. The van der Waals surface area contributed by atoms with Crippen LogP contribution in [-0.2, 0) is 29.6 Å². The number of rotatable bonds is 5. The van der Waals surface area contributed by atoms with Crippen LogP contribution in [0.5, 0.6) is 0 Å². The third-order valence-corrected chi connectivity index (χ3v) is 4.97. The molecule has 0 bridgehead atoms. The predicted octanol–water partition coefficient (Wildman–Crippen LogP) is 1.53. The topological polar surface area (TPSA) is 58.4 Å². The first-order valence-corrected chi connectivity index (χ1v) is 8.57. The molecule has 1 saturated heterocycles. The Bertz CT molecular complexity index is 769. The fourth-order valence-electron chi connectivity index (χ4n) is 3.15. The zero-order valence-electron chi connectivity index (χ0n) is 15.0. The molecule has 2 aromatic rings. The maximum Gasteiger partial charge on any atom is 0.245 e. The molecule has 1 aliphatic heterocycles. The minimum absolute atomic E-state index is 0.0107. The lowest BCUT2D eigenvalue weighted by atomic mass is 10.1. The van der Waals surface area contributed by atoms with Gasteiger partial charge in [-0.1, -0.05) is 30.3 Å². The molecule has 1 aromatic heterocycles. The predicted molar refractivity (Wildman–Crippen MR) is 94.7 cm³/mol. The van der Waals surface area contributed by atoms with Gasteiger partial charge in [0.2, 0.25) is 11.8 Å². The van der Waals surface area contributed by atoms with Gasteiger partial charge >= 0.3 is 0 Å². The second-order valence-corrected chi connectivity index (χ2v) is 6.57. The van der Waals surface area contributed by atoms with Crippen molar-refractivity contribution in [2.24, 2.45) is 7.05 Å². The molecule has 0 unspecified atom stereocenters. The average Bonchev–Trinajstić information content (AvgIpc) is 2.93. The van der Waals surface area contributed by atoms with Gasteiger partial charge in [-0.05, 0) is 25.8 Å². The quantitative estimate of drug-likeness (QED) is 0.829. The molecule has 0 spiro atoms. The van der Waals surface area contributed by atoms with E-state index in [9.17, 15) is 9.59 Å². The molecule has 0 N–H and O–H groups in total. The van der Waals surface area contributed by atoms with Crippen LogP contribution in [0.4, 0.5) is 0 Å². The van der Waals surface area contributed by atoms with Crippen LogP contribution in [0.15, 0.2) is 36.5 Å². The number of hydrogen-bond acceptors (Lipinski definition) is 3. The van der Waals surface area contributed by atoms with Crippen LogP contribution in [-0.4, -0.2) is 50.5 Å². The van der Waals surface area contributed by atoms with Crippen LogP contribution in [0.2, 0.25) is 0 Å². The van der Waals surface area contributed by atoms with E-state index in [4.69, 9.17) is 0 Å². The fourth-order valence-corrected chi connectivity index (χ4v) is 3.15. The largest absolute Gasteiger partial charge is 0.331 e. The molecule has 25 heavy (non-hydrogen) atoms. The Balaban J connectivity index is 1.66. The average molecular weight is 340 g/mol.